The molecule has 1 amide bonds. The zero-order chi connectivity index (χ0) is 16.5. The zero-order valence-corrected chi connectivity index (χ0v) is 13.1. The number of carbonyl (C=O) groups is 1. The van der Waals surface area contributed by atoms with E-state index in [2.05, 4.69) is 20.3 Å². The molecule has 1 aliphatic heterocycles. The summed E-state index contributed by atoms with van der Waals surface area (Å²) in [6.45, 7) is 2.55. The number of fused-ring (bicyclic) bond motifs is 1. The molecule has 2 aromatic heterocycles. The van der Waals surface area contributed by atoms with Gasteiger partial charge in [0.2, 0.25) is 11.7 Å². The van der Waals surface area contributed by atoms with Crippen LogP contribution in [0.3, 0.4) is 0 Å². The molecule has 0 fully saturated rings. The molecule has 0 saturated heterocycles. The standard InChI is InChI=1S/C17H15N5O2/c1-2-14(22-10-11-6-3-4-7-12(11)17(22)23)16-19-15(21-24-16)13-8-5-9-18-20-13/h3-9,14H,2,10H2,1H3/t14-/m0/s1. The Morgan fingerprint density at radius 3 is 2.88 bits per heavy atom. The van der Waals surface area contributed by atoms with Gasteiger partial charge in [-0.15, -0.1) is 5.10 Å². The number of rotatable bonds is 4. The van der Waals surface area contributed by atoms with Gasteiger partial charge in [0.25, 0.3) is 5.91 Å². The van der Waals surface area contributed by atoms with E-state index in [-0.39, 0.29) is 11.9 Å². The highest BCUT2D eigenvalue weighted by Crippen LogP contribution is 2.33. The first kappa shape index (κ1) is 14.5. The van der Waals surface area contributed by atoms with E-state index >= 15 is 0 Å². The first-order valence-corrected chi connectivity index (χ1v) is 7.78. The van der Waals surface area contributed by atoms with Gasteiger partial charge in [-0.2, -0.15) is 10.1 Å². The van der Waals surface area contributed by atoms with E-state index in [0.29, 0.717) is 30.4 Å². The number of benzene rings is 1. The van der Waals surface area contributed by atoms with Crippen LogP contribution < -0.4 is 0 Å². The fourth-order valence-corrected chi connectivity index (χ4v) is 2.95. The Morgan fingerprint density at radius 2 is 2.12 bits per heavy atom. The smallest absolute Gasteiger partial charge is 0.255 e. The Balaban J connectivity index is 1.64. The van der Waals surface area contributed by atoms with Crippen LogP contribution in [0, 0.1) is 0 Å². The van der Waals surface area contributed by atoms with E-state index in [0.717, 1.165) is 11.1 Å². The summed E-state index contributed by atoms with van der Waals surface area (Å²) in [4.78, 5) is 18.9. The fraction of sp³-hybridized carbons (Fsp3) is 0.235. The summed E-state index contributed by atoms with van der Waals surface area (Å²) in [6.07, 6.45) is 2.27. The first-order valence-electron chi connectivity index (χ1n) is 7.78. The van der Waals surface area contributed by atoms with Crippen molar-refractivity contribution in [2.24, 2.45) is 0 Å². The van der Waals surface area contributed by atoms with Crippen LogP contribution in [0.15, 0.2) is 47.1 Å². The molecule has 1 atom stereocenters. The maximum absolute atomic E-state index is 12.7. The van der Waals surface area contributed by atoms with Gasteiger partial charge in [0.05, 0.1) is 0 Å². The van der Waals surface area contributed by atoms with Crippen molar-refractivity contribution in [1.82, 2.24) is 25.2 Å². The number of carbonyl (C=O) groups excluding carboxylic acids is 1. The molecule has 7 heteroatoms. The van der Waals surface area contributed by atoms with E-state index in [4.69, 9.17) is 4.52 Å². The maximum atomic E-state index is 12.7. The molecule has 7 nitrogen and oxygen atoms in total. The molecule has 24 heavy (non-hydrogen) atoms. The number of hydrogen-bond acceptors (Lipinski definition) is 6. The molecule has 0 saturated carbocycles. The van der Waals surface area contributed by atoms with Crippen LogP contribution in [0.1, 0.15) is 41.2 Å². The first-order chi connectivity index (χ1) is 11.8. The third-order valence-electron chi connectivity index (χ3n) is 4.14. The van der Waals surface area contributed by atoms with Crippen LogP contribution in [-0.4, -0.2) is 31.1 Å². The second-order valence-corrected chi connectivity index (χ2v) is 5.58. The number of amides is 1. The Hall–Kier alpha value is -3.09. The van der Waals surface area contributed by atoms with Gasteiger partial charge in [-0.25, -0.2) is 0 Å². The van der Waals surface area contributed by atoms with Gasteiger partial charge >= 0.3 is 0 Å². The lowest BCUT2D eigenvalue weighted by molar-refractivity contribution is 0.0658. The predicted octanol–water partition coefficient (Wildman–Crippen LogP) is 2.63. The summed E-state index contributed by atoms with van der Waals surface area (Å²) >= 11 is 0. The Labute approximate surface area is 138 Å². The number of hydrogen-bond donors (Lipinski definition) is 0. The second-order valence-electron chi connectivity index (χ2n) is 5.58. The molecule has 3 aromatic rings. The summed E-state index contributed by atoms with van der Waals surface area (Å²) in [5.41, 5.74) is 2.30. The zero-order valence-electron chi connectivity index (χ0n) is 13.1. The average molecular weight is 321 g/mol. The molecule has 0 unspecified atom stereocenters. The summed E-state index contributed by atoms with van der Waals surface area (Å²) in [6, 6.07) is 10.9. The van der Waals surface area contributed by atoms with Crippen LogP contribution in [-0.2, 0) is 6.54 Å². The van der Waals surface area contributed by atoms with Crippen molar-refractivity contribution >= 4 is 5.91 Å². The topological polar surface area (TPSA) is 85.0 Å². The van der Waals surface area contributed by atoms with Crippen molar-refractivity contribution in [1.29, 1.82) is 0 Å². The lowest BCUT2D eigenvalue weighted by Crippen LogP contribution is -2.29. The molecule has 0 spiro atoms. The van der Waals surface area contributed by atoms with Crippen LogP contribution >= 0.6 is 0 Å². The summed E-state index contributed by atoms with van der Waals surface area (Å²) in [5, 5.41) is 11.8. The highest BCUT2D eigenvalue weighted by atomic mass is 16.5. The molecule has 1 aromatic carbocycles. The molecule has 0 radical (unpaired) electrons. The number of nitrogens with zero attached hydrogens (tertiary/aromatic N) is 5. The Morgan fingerprint density at radius 1 is 1.25 bits per heavy atom. The van der Waals surface area contributed by atoms with Gasteiger partial charge < -0.3 is 9.42 Å². The lowest BCUT2D eigenvalue weighted by atomic mass is 10.1. The van der Waals surface area contributed by atoms with Gasteiger partial charge in [0, 0.05) is 18.3 Å². The predicted molar refractivity (Wildman–Crippen MR) is 84.7 cm³/mol. The van der Waals surface area contributed by atoms with Crippen molar-refractivity contribution in [3.63, 3.8) is 0 Å². The van der Waals surface area contributed by atoms with Gasteiger partial charge in [-0.1, -0.05) is 30.3 Å². The van der Waals surface area contributed by atoms with E-state index < -0.39 is 0 Å². The third kappa shape index (κ3) is 2.34. The van der Waals surface area contributed by atoms with Crippen molar-refractivity contribution in [3.8, 4) is 11.5 Å². The molecule has 0 N–H and O–H groups in total. The summed E-state index contributed by atoms with van der Waals surface area (Å²) < 4.78 is 5.41. The molecule has 120 valence electrons. The lowest BCUT2D eigenvalue weighted by Gasteiger charge is -2.23. The molecule has 0 bridgehead atoms. The largest absolute Gasteiger partial charge is 0.337 e. The SMILES string of the molecule is CC[C@@H](c1nc(-c2cccnn2)no1)N1Cc2ccccc2C1=O. The van der Waals surface area contributed by atoms with Crippen molar-refractivity contribution < 1.29 is 9.32 Å². The molecule has 3 heterocycles. The van der Waals surface area contributed by atoms with E-state index in [1.165, 1.54) is 0 Å². The van der Waals surface area contributed by atoms with E-state index in [1.807, 2.05) is 31.2 Å². The molecular formula is C17H15N5O2. The quantitative estimate of drug-likeness (QED) is 0.734. The van der Waals surface area contributed by atoms with E-state index in [9.17, 15) is 4.79 Å². The monoisotopic (exact) mass is 321 g/mol. The van der Waals surface area contributed by atoms with Crippen LogP contribution in [0.4, 0.5) is 0 Å². The Bertz CT molecular complexity index is 877. The summed E-state index contributed by atoms with van der Waals surface area (Å²) in [7, 11) is 0. The molecule has 0 aliphatic carbocycles. The second kappa shape index (κ2) is 5.84. The average Bonchev–Trinajstić information content (AvgIpc) is 3.23. The normalized spacial score (nSPS) is 14.7. The maximum Gasteiger partial charge on any atom is 0.255 e. The highest BCUT2D eigenvalue weighted by molar-refractivity contribution is 5.98. The van der Waals surface area contributed by atoms with Crippen molar-refractivity contribution in [2.45, 2.75) is 25.9 Å². The van der Waals surface area contributed by atoms with Gasteiger partial charge in [-0.3, -0.25) is 4.79 Å². The van der Waals surface area contributed by atoms with Crippen LogP contribution in [0.25, 0.3) is 11.5 Å². The minimum atomic E-state index is -0.261. The van der Waals surface area contributed by atoms with E-state index in [1.54, 1.807) is 23.2 Å². The van der Waals surface area contributed by atoms with Crippen molar-refractivity contribution in [3.05, 3.63) is 59.6 Å². The van der Waals surface area contributed by atoms with Crippen molar-refractivity contribution in [2.75, 3.05) is 0 Å². The molecule has 4 rings (SSSR count). The van der Waals surface area contributed by atoms with Crippen LogP contribution in [0.2, 0.25) is 0 Å². The summed E-state index contributed by atoms with van der Waals surface area (Å²) in [5.74, 6) is 0.789. The van der Waals surface area contributed by atoms with Gasteiger partial charge in [0.15, 0.2) is 0 Å². The minimum Gasteiger partial charge on any atom is -0.337 e. The third-order valence-corrected chi connectivity index (χ3v) is 4.14. The number of aromatic nitrogens is 4. The van der Waals surface area contributed by atoms with Gasteiger partial charge in [0.1, 0.15) is 11.7 Å². The molecule has 1 aliphatic rings. The highest BCUT2D eigenvalue weighted by Gasteiger charge is 2.35. The minimum absolute atomic E-state index is 0.00305. The molecular weight excluding hydrogens is 306 g/mol. The Kier molecular flexibility index (Phi) is 3.53. The van der Waals surface area contributed by atoms with Crippen LogP contribution in [0.5, 0.6) is 0 Å². The van der Waals surface area contributed by atoms with Gasteiger partial charge in [-0.05, 0) is 30.2 Å². The fourth-order valence-electron chi connectivity index (χ4n) is 2.95.